The van der Waals surface area contributed by atoms with Crippen molar-refractivity contribution in [2.45, 2.75) is 65.4 Å². The highest BCUT2D eigenvalue weighted by atomic mass is 32.2. The average molecular weight is 436 g/mol. The van der Waals surface area contributed by atoms with Crippen LogP contribution in [0.2, 0.25) is 0 Å². The Hall–Kier alpha value is -1.67. The summed E-state index contributed by atoms with van der Waals surface area (Å²) in [5, 5.41) is 28.3. The van der Waals surface area contributed by atoms with Gasteiger partial charge in [-0.05, 0) is 68.3 Å². The molecule has 0 aromatic heterocycles. The summed E-state index contributed by atoms with van der Waals surface area (Å²) in [7, 11) is -3.50. The molecule has 0 aromatic carbocycles. The molecule has 0 aromatic rings. The highest BCUT2D eigenvalue weighted by Gasteiger charge is 2.61. The maximum atomic E-state index is 11.5. The topological polar surface area (TPSA) is 111 Å². The number of hydrogen-bond acceptors (Lipinski definition) is 6. The summed E-state index contributed by atoms with van der Waals surface area (Å²) in [6.07, 6.45) is 9.70. The van der Waals surface area contributed by atoms with Crippen molar-refractivity contribution in [2.24, 2.45) is 38.8 Å². The molecule has 30 heavy (non-hydrogen) atoms. The number of allylic oxidation sites excluding steroid dienone is 3. The van der Waals surface area contributed by atoms with Gasteiger partial charge in [-0.25, -0.2) is 13.2 Å². The third-order valence-electron chi connectivity index (χ3n) is 8.77. The first-order valence-electron chi connectivity index (χ1n) is 10.7. The molecule has 4 aliphatic carbocycles. The lowest BCUT2D eigenvalue weighted by molar-refractivity contribution is -0.103. The molecule has 0 bridgehead atoms. The van der Waals surface area contributed by atoms with E-state index in [4.69, 9.17) is 0 Å². The van der Waals surface area contributed by atoms with Gasteiger partial charge < -0.3 is 10.3 Å². The first-order valence-corrected chi connectivity index (χ1v) is 12.6. The zero-order valence-corrected chi connectivity index (χ0v) is 19.3. The Balaban J connectivity index is 1.74. The summed E-state index contributed by atoms with van der Waals surface area (Å²) in [5.74, 6) is 1.21. The molecule has 0 unspecified atom stereocenters. The number of fused-ring (bicyclic) bond motifs is 5. The fourth-order valence-corrected chi connectivity index (χ4v) is 7.24. The molecule has 0 heterocycles. The first-order chi connectivity index (χ1) is 13.8. The third kappa shape index (κ3) is 2.98. The minimum atomic E-state index is -3.50. The van der Waals surface area contributed by atoms with Crippen molar-refractivity contribution in [3.05, 3.63) is 23.3 Å². The van der Waals surface area contributed by atoms with E-state index in [1.807, 2.05) is 19.9 Å². The molecular formula is C22H33N3O4S. The van der Waals surface area contributed by atoms with Gasteiger partial charge in [0, 0.05) is 11.8 Å². The predicted molar refractivity (Wildman–Crippen MR) is 117 cm³/mol. The van der Waals surface area contributed by atoms with Crippen LogP contribution in [0.5, 0.6) is 0 Å². The van der Waals surface area contributed by atoms with E-state index in [1.54, 1.807) is 0 Å². The van der Waals surface area contributed by atoms with Crippen molar-refractivity contribution in [2.75, 3.05) is 6.26 Å². The molecule has 166 valence electrons. The number of sulfonamides is 1. The Bertz CT molecular complexity index is 994. The van der Waals surface area contributed by atoms with Crippen molar-refractivity contribution in [1.82, 2.24) is 4.83 Å². The molecule has 0 amide bonds. The Morgan fingerprint density at radius 2 is 1.93 bits per heavy atom. The van der Waals surface area contributed by atoms with Gasteiger partial charge in [-0.15, -0.1) is 0 Å². The Kier molecular flexibility index (Phi) is 4.79. The van der Waals surface area contributed by atoms with Crippen LogP contribution in [0.4, 0.5) is 0 Å². The summed E-state index contributed by atoms with van der Waals surface area (Å²) in [4.78, 5) is 2.19. The molecule has 7 nitrogen and oxygen atoms in total. The third-order valence-corrected chi connectivity index (χ3v) is 9.19. The number of nitrogens with zero attached hydrogens (tertiary/aromatic N) is 2. The second-order valence-electron chi connectivity index (χ2n) is 10.4. The van der Waals surface area contributed by atoms with Gasteiger partial charge in [0.1, 0.15) is 11.4 Å². The van der Waals surface area contributed by atoms with Gasteiger partial charge in [0.2, 0.25) is 10.0 Å². The van der Waals surface area contributed by atoms with E-state index in [0.29, 0.717) is 35.6 Å². The van der Waals surface area contributed by atoms with E-state index < -0.39 is 15.6 Å². The lowest BCUT2D eigenvalue weighted by atomic mass is 9.45. The minimum absolute atomic E-state index is 0.143. The number of oxime groups is 1. The van der Waals surface area contributed by atoms with Gasteiger partial charge >= 0.3 is 0 Å². The van der Waals surface area contributed by atoms with E-state index in [1.165, 1.54) is 5.57 Å². The highest BCUT2D eigenvalue weighted by molar-refractivity contribution is 7.88. The quantitative estimate of drug-likeness (QED) is 0.351. The van der Waals surface area contributed by atoms with Crippen LogP contribution in [0.25, 0.3) is 0 Å². The molecule has 0 spiro atoms. The van der Waals surface area contributed by atoms with Crippen LogP contribution in [0.3, 0.4) is 0 Å². The van der Waals surface area contributed by atoms with Gasteiger partial charge in [-0.3, -0.25) is 0 Å². The maximum absolute atomic E-state index is 11.5. The summed E-state index contributed by atoms with van der Waals surface area (Å²) in [6.45, 7) is 8.36. The number of rotatable bonds is 2. The number of aliphatic hydroxyl groups is 1. The summed E-state index contributed by atoms with van der Waals surface area (Å²) >= 11 is 0. The van der Waals surface area contributed by atoms with Crippen molar-refractivity contribution in [3.8, 4) is 0 Å². The molecule has 2 saturated carbocycles. The lowest BCUT2D eigenvalue weighted by Gasteiger charge is -2.59. The van der Waals surface area contributed by atoms with Gasteiger partial charge in [-0.2, -0.15) is 5.10 Å². The summed E-state index contributed by atoms with van der Waals surface area (Å²) < 4.78 is 23.1. The molecule has 0 aliphatic heterocycles. The van der Waals surface area contributed by atoms with Crippen LogP contribution in [-0.4, -0.2) is 42.0 Å². The van der Waals surface area contributed by atoms with E-state index >= 15 is 0 Å². The lowest BCUT2D eigenvalue weighted by Crippen LogP contribution is -2.55. The molecule has 2 fully saturated rings. The highest BCUT2D eigenvalue weighted by Crippen LogP contribution is 2.65. The van der Waals surface area contributed by atoms with Gasteiger partial charge in [0.15, 0.2) is 0 Å². The number of nitrogens with one attached hydrogen (secondary N) is 1. The smallest absolute Gasteiger partial charge is 0.244 e. The van der Waals surface area contributed by atoms with Crippen molar-refractivity contribution in [3.63, 3.8) is 0 Å². The Morgan fingerprint density at radius 3 is 2.57 bits per heavy atom. The van der Waals surface area contributed by atoms with Crippen molar-refractivity contribution >= 4 is 21.4 Å². The zero-order chi connectivity index (χ0) is 22.1. The average Bonchev–Trinajstić information content (AvgIpc) is 2.89. The molecule has 3 N–H and O–H groups in total. The first kappa shape index (κ1) is 21.6. The molecular weight excluding hydrogens is 402 g/mol. The minimum Gasteiger partial charge on any atom is -0.411 e. The predicted octanol–water partition coefficient (Wildman–Crippen LogP) is 3.21. The largest absolute Gasteiger partial charge is 0.411 e. The van der Waals surface area contributed by atoms with E-state index in [9.17, 15) is 18.7 Å². The fourth-order valence-electron chi connectivity index (χ4n) is 6.98. The molecule has 0 saturated heterocycles. The molecule has 6 atom stereocenters. The van der Waals surface area contributed by atoms with E-state index in [0.717, 1.165) is 37.5 Å². The van der Waals surface area contributed by atoms with Crippen LogP contribution in [-0.2, 0) is 10.0 Å². The summed E-state index contributed by atoms with van der Waals surface area (Å²) in [5.41, 5.74) is 1.97. The number of hydrazone groups is 1. The Labute approximate surface area is 179 Å². The zero-order valence-electron chi connectivity index (χ0n) is 18.4. The van der Waals surface area contributed by atoms with Gasteiger partial charge in [0.05, 0.1) is 11.9 Å². The van der Waals surface area contributed by atoms with Crippen molar-refractivity contribution in [1.29, 1.82) is 0 Å². The standard InChI is InChI=1S/C22H33N3O4S/c1-13-15-7-6-14-16(8-10-21(3)17(14)9-11-22(21,4)26)20(15,2)12-18(24-27)19(13)23-25-30(5,28)29/h9,11,14,16-17,25-27H,6-8,10,12H2,1-5H3/b23-19+,24-18-/t14-,16+,17+,20+,21+,22+/m1/s1. The van der Waals surface area contributed by atoms with Crippen LogP contribution in [0.15, 0.2) is 33.6 Å². The molecule has 4 rings (SSSR count). The van der Waals surface area contributed by atoms with Gasteiger partial charge in [0.25, 0.3) is 0 Å². The second-order valence-corrected chi connectivity index (χ2v) is 12.1. The summed E-state index contributed by atoms with van der Waals surface area (Å²) in [6, 6.07) is 0. The van der Waals surface area contributed by atoms with Crippen LogP contribution < -0.4 is 4.83 Å². The van der Waals surface area contributed by atoms with Crippen molar-refractivity contribution < 1.29 is 18.7 Å². The Morgan fingerprint density at radius 1 is 1.23 bits per heavy atom. The van der Waals surface area contributed by atoms with Crippen LogP contribution >= 0.6 is 0 Å². The maximum Gasteiger partial charge on any atom is 0.244 e. The monoisotopic (exact) mass is 435 g/mol. The second kappa shape index (κ2) is 6.66. The number of hydrogen-bond donors (Lipinski definition) is 3. The van der Waals surface area contributed by atoms with E-state index in [2.05, 4.69) is 35.0 Å². The van der Waals surface area contributed by atoms with Crippen LogP contribution in [0.1, 0.15) is 59.8 Å². The normalized spacial score (nSPS) is 46.0. The molecule has 0 radical (unpaired) electrons. The molecule has 4 aliphatic rings. The molecule has 8 heteroatoms. The van der Waals surface area contributed by atoms with Gasteiger partial charge in [-0.1, -0.05) is 36.7 Å². The van der Waals surface area contributed by atoms with Crippen LogP contribution in [0, 0.1) is 28.6 Å². The van der Waals surface area contributed by atoms with E-state index in [-0.39, 0.29) is 10.8 Å². The SMILES string of the molecule is CC1=C2CC[C@@H]3[C@H](CC[C@@]4(C)[C@H]3C=C[C@]4(C)O)[C@@]2(C)CC(=N/O)/C1=N/NS(C)(=O)=O. The fraction of sp³-hybridized carbons (Fsp3) is 0.727.